The summed E-state index contributed by atoms with van der Waals surface area (Å²) in [5.41, 5.74) is 0.898. The van der Waals surface area contributed by atoms with Crippen LogP contribution in [0.3, 0.4) is 0 Å². The number of aliphatic hydroxyl groups is 1. The highest BCUT2D eigenvalue weighted by Gasteiger charge is 2.13. The first-order valence-electron chi connectivity index (χ1n) is 4.99. The molecular weight excluding hydrogens is 206 g/mol. The Hall–Kier alpha value is -1.19. The van der Waals surface area contributed by atoms with Crippen LogP contribution in [-0.4, -0.2) is 10.1 Å². The van der Waals surface area contributed by atoms with Gasteiger partial charge in [0.1, 0.15) is 11.1 Å². The van der Waals surface area contributed by atoms with Gasteiger partial charge in [-0.2, -0.15) is 0 Å². The fraction of sp³-hybridized carbons (Fsp3) is 0.250. The second-order valence-corrected chi connectivity index (χ2v) is 4.48. The fourth-order valence-electron chi connectivity index (χ4n) is 1.39. The number of aliphatic hydroxyl groups excluding tert-OH is 1. The summed E-state index contributed by atoms with van der Waals surface area (Å²) in [6, 6.07) is 9.62. The van der Waals surface area contributed by atoms with Crippen LogP contribution in [0.1, 0.15) is 28.5 Å². The normalized spacial score (nSPS) is 12.7. The quantitative estimate of drug-likeness (QED) is 0.861. The first kappa shape index (κ1) is 10.3. The van der Waals surface area contributed by atoms with Crippen LogP contribution in [0.5, 0.6) is 0 Å². The number of nitrogens with zero attached hydrogens (tertiary/aromatic N) is 1. The molecule has 0 saturated heterocycles. The lowest BCUT2D eigenvalue weighted by Gasteiger charge is -2.06. The van der Waals surface area contributed by atoms with Crippen molar-refractivity contribution in [1.82, 2.24) is 4.98 Å². The Morgan fingerprint density at radius 3 is 2.67 bits per heavy atom. The summed E-state index contributed by atoms with van der Waals surface area (Å²) in [7, 11) is 0. The van der Waals surface area contributed by atoms with E-state index in [1.807, 2.05) is 36.5 Å². The van der Waals surface area contributed by atoms with Gasteiger partial charge in [-0.1, -0.05) is 37.3 Å². The lowest BCUT2D eigenvalue weighted by molar-refractivity contribution is 0.220. The van der Waals surface area contributed by atoms with Gasteiger partial charge in [-0.05, 0) is 12.0 Å². The van der Waals surface area contributed by atoms with E-state index in [0.29, 0.717) is 0 Å². The molecule has 0 aliphatic carbocycles. The summed E-state index contributed by atoms with van der Waals surface area (Å²) >= 11 is 1.57. The highest BCUT2D eigenvalue weighted by Crippen LogP contribution is 2.25. The van der Waals surface area contributed by atoms with Crippen LogP contribution in [0.25, 0.3) is 0 Å². The average molecular weight is 219 g/mol. The van der Waals surface area contributed by atoms with Gasteiger partial charge >= 0.3 is 0 Å². The van der Waals surface area contributed by atoms with Gasteiger partial charge in [0.05, 0.1) is 0 Å². The summed E-state index contributed by atoms with van der Waals surface area (Å²) in [5.74, 6) is 0. The van der Waals surface area contributed by atoms with Crippen molar-refractivity contribution in [3.05, 3.63) is 52.0 Å². The Morgan fingerprint density at radius 1 is 1.33 bits per heavy atom. The minimum atomic E-state index is -0.587. The molecule has 0 radical (unpaired) electrons. The minimum Gasteiger partial charge on any atom is -0.381 e. The van der Waals surface area contributed by atoms with Gasteiger partial charge in [-0.3, -0.25) is 0 Å². The monoisotopic (exact) mass is 219 g/mol. The van der Waals surface area contributed by atoms with Gasteiger partial charge in [0, 0.05) is 11.1 Å². The molecule has 1 unspecified atom stereocenters. The van der Waals surface area contributed by atoms with E-state index in [2.05, 4.69) is 11.9 Å². The third-order valence-electron chi connectivity index (χ3n) is 2.27. The first-order chi connectivity index (χ1) is 7.31. The van der Waals surface area contributed by atoms with E-state index in [4.69, 9.17) is 0 Å². The number of thiazole rings is 1. The molecule has 78 valence electrons. The van der Waals surface area contributed by atoms with Crippen LogP contribution < -0.4 is 0 Å². The third kappa shape index (κ3) is 2.25. The van der Waals surface area contributed by atoms with Gasteiger partial charge < -0.3 is 5.11 Å². The molecule has 1 aromatic carbocycles. The highest BCUT2D eigenvalue weighted by atomic mass is 32.1. The number of aryl methyl sites for hydroxylation is 1. The smallest absolute Gasteiger partial charge is 0.131 e. The molecule has 0 amide bonds. The van der Waals surface area contributed by atoms with E-state index in [-0.39, 0.29) is 0 Å². The summed E-state index contributed by atoms with van der Waals surface area (Å²) < 4.78 is 0. The molecule has 2 aromatic rings. The maximum absolute atomic E-state index is 10.0. The van der Waals surface area contributed by atoms with Crippen molar-refractivity contribution in [2.45, 2.75) is 19.4 Å². The van der Waals surface area contributed by atoms with Crippen LogP contribution >= 0.6 is 11.3 Å². The van der Waals surface area contributed by atoms with E-state index in [0.717, 1.165) is 17.0 Å². The molecule has 1 aromatic heterocycles. The zero-order chi connectivity index (χ0) is 10.7. The lowest BCUT2D eigenvalue weighted by Crippen LogP contribution is -1.97. The van der Waals surface area contributed by atoms with Gasteiger partial charge in [0.2, 0.25) is 0 Å². The number of aromatic nitrogens is 1. The Kier molecular flexibility index (Phi) is 3.14. The lowest BCUT2D eigenvalue weighted by atomic mass is 10.1. The maximum Gasteiger partial charge on any atom is 0.131 e. The van der Waals surface area contributed by atoms with E-state index in [1.54, 1.807) is 11.3 Å². The molecule has 3 heteroatoms. The van der Waals surface area contributed by atoms with Crippen LogP contribution in [-0.2, 0) is 6.42 Å². The summed E-state index contributed by atoms with van der Waals surface area (Å²) in [6.07, 6.45) is 2.22. The van der Waals surface area contributed by atoms with Crippen molar-refractivity contribution >= 4 is 11.3 Å². The Morgan fingerprint density at radius 2 is 2.07 bits per heavy atom. The first-order valence-corrected chi connectivity index (χ1v) is 5.80. The van der Waals surface area contributed by atoms with Crippen molar-refractivity contribution in [3.8, 4) is 0 Å². The molecular formula is C12H13NOS. The zero-order valence-electron chi connectivity index (χ0n) is 8.55. The van der Waals surface area contributed by atoms with E-state index >= 15 is 0 Å². The molecule has 0 spiro atoms. The van der Waals surface area contributed by atoms with Crippen LogP contribution in [0.15, 0.2) is 36.5 Å². The molecule has 0 bridgehead atoms. The second kappa shape index (κ2) is 4.55. The van der Waals surface area contributed by atoms with Gasteiger partial charge in [0.15, 0.2) is 0 Å². The van der Waals surface area contributed by atoms with Crippen LogP contribution in [0.2, 0.25) is 0 Å². The highest BCUT2D eigenvalue weighted by molar-refractivity contribution is 7.11. The molecule has 1 N–H and O–H groups in total. The maximum atomic E-state index is 10.0. The van der Waals surface area contributed by atoms with Gasteiger partial charge in [-0.25, -0.2) is 4.98 Å². The molecule has 15 heavy (non-hydrogen) atoms. The number of hydrogen-bond donors (Lipinski definition) is 1. The summed E-state index contributed by atoms with van der Waals surface area (Å²) in [5, 5.41) is 10.8. The Balaban J connectivity index is 2.24. The molecule has 2 nitrogen and oxygen atoms in total. The van der Waals surface area contributed by atoms with Crippen molar-refractivity contribution in [3.63, 3.8) is 0 Å². The third-order valence-corrected chi connectivity index (χ3v) is 3.46. The van der Waals surface area contributed by atoms with Crippen LogP contribution in [0, 0.1) is 0 Å². The summed E-state index contributed by atoms with van der Waals surface area (Å²) in [4.78, 5) is 5.44. The molecule has 0 aliphatic heterocycles. The van der Waals surface area contributed by atoms with Crippen molar-refractivity contribution in [1.29, 1.82) is 0 Å². The number of rotatable bonds is 3. The molecule has 1 heterocycles. The minimum absolute atomic E-state index is 0.587. The second-order valence-electron chi connectivity index (χ2n) is 3.33. The van der Waals surface area contributed by atoms with E-state index < -0.39 is 6.10 Å². The Bertz CT molecular complexity index is 424. The largest absolute Gasteiger partial charge is 0.381 e. The fourth-order valence-corrected chi connectivity index (χ4v) is 2.26. The zero-order valence-corrected chi connectivity index (χ0v) is 9.37. The van der Waals surface area contributed by atoms with Crippen molar-refractivity contribution < 1.29 is 5.11 Å². The molecule has 0 saturated carbocycles. The standard InChI is InChI=1S/C12H13NOS/c1-2-10-8-13-12(15-10)11(14)9-6-4-3-5-7-9/h3-8,11,14H,2H2,1H3. The van der Waals surface area contributed by atoms with Crippen molar-refractivity contribution in [2.75, 3.05) is 0 Å². The van der Waals surface area contributed by atoms with E-state index in [9.17, 15) is 5.11 Å². The van der Waals surface area contributed by atoms with Gasteiger partial charge in [-0.15, -0.1) is 11.3 Å². The predicted molar refractivity (Wildman–Crippen MR) is 62.0 cm³/mol. The van der Waals surface area contributed by atoms with E-state index in [1.165, 1.54) is 4.88 Å². The summed E-state index contributed by atoms with van der Waals surface area (Å²) in [6.45, 7) is 2.09. The Labute approximate surface area is 93.2 Å². The van der Waals surface area contributed by atoms with Gasteiger partial charge in [0.25, 0.3) is 0 Å². The van der Waals surface area contributed by atoms with Crippen LogP contribution in [0.4, 0.5) is 0 Å². The topological polar surface area (TPSA) is 33.1 Å². The SMILES string of the molecule is CCc1cnc(C(O)c2ccccc2)s1. The molecule has 1 atom stereocenters. The predicted octanol–water partition coefficient (Wildman–Crippen LogP) is 2.79. The number of hydrogen-bond acceptors (Lipinski definition) is 3. The molecule has 0 fully saturated rings. The molecule has 2 rings (SSSR count). The molecule has 0 aliphatic rings. The van der Waals surface area contributed by atoms with Crippen molar-refractivity contribution in [2.24, 2.45) is 0 Å². The average Bonchev–Trinajstić information content (AvgIpc) is 2.78. The number of benzene rings is 1.